The topological polar surface area (TPSA) is 61.4 Å². The maximum atomic E-state index is 11.9. The van der Waals surface area contributed by atoms with Crippen molar-refractivity contribution in [1.29, 1.82) is 0 Å². The zero-order valence-electron chi connectivity index (χ0n) is 12.3. The first-order valence-corrected chi connectivity index (χ1v) is 8.50. The van der Waals surface area contributed by atoms with Crippen LogP contribution in [0.25, 0.3) is 0 Å². The molecule has 0 saturated carbocycles. The first kappa shape index (κ1) is 17.6. The third-order valence-electron chi connectivity index (χ3n) is 2.84. The molecule has 0 aliphatic heterocycles. The van der Waals surface area contributed by atoms with Gasteiger partial charge in [0.2, 0.25) is 5.91 Å². The third kappa shape index (κ3) is 5.74. The predicted octanol–water partition coefficient (Wildman–Crippen LogP) is 3.96. The summed E-state index contributed by atoms with van der Waals surface area (Å²) in [5.74, 6) is 0.0702. The van der Waals surface area contributed by atoms with Crippen LogP contribution in [-0.2, 0) is 4.79 Å². The molecular weight excluding hydrogens is 352 g/mol. The lowest BCUT2D eigenvalue weighted by molar-refractivity contribution is -0.117. The Labute approximate surface area is 149 Å². The summed E-state index contributed by atoms with van der Waals surface area (Å²) < 4.78 is 0. The number of aryl methyl sites for hydroxylation is 1. The van der Waals surface area contributed by atoms with Crippen molar-refractivity contribution in [3.8, 4) is 5.75 Å². The number of thioether (sulfide) groups is 1. The molecule has 3 N–H and O–H groups in total. The number of carbonyl (C=O) groups is 1. The number of rotatable bonds is 4. The van der Waals surface area contributed by atoms with Gasteiger partial charge >= 0.3 is 0 Å². The van der Waals surface area contributed by atoms with Crippen molar-refractivity contribution in [1.82, 2.24) is 5.32 Å². The van der Waals surface area contributed by atoms with Crippen LogP contribution in [0.2, 0.25) is 5.02 Å². The molecule has 2 rings (SSSR count). The summed E-state index contributed by atoms with van der Waals surface area (Å²) in [6, 6.07) is 12.3. The standard InChI is InChI=1S/C16H15ClN2O2S2/c1-10-2-7-14(20)13(8-10)18-16(22)19-15(21)9-23-12-5-3-11(17)4-6-12/h2-8,20H,9H2,1H3,(H2,18,19,21,22). The van der Waals surface area contributed by atoms with E-state index in [0.717, 1.165) is 10.5 Å². The second-order valence-electron chi connectivity index (χ2n) is 4.77. The normalized spacial score (nSPS) is 10.2. The van der Waals surface area contributed by atoms with Crippen LogP contribution in [0.15, 0.2) is 47.4 Å². The number of nitrogens with one attached hydrogen (secondary N) is 2. The van der Waals surface area contributed by atoms with Crippen LogP contribution < -0.4 is 10.6 Å². The van der Waals surface area contributed by atoms with Crippen LogP contribution in [0.1, 0.15) is 5.56 Å². The average molecular weight is 367 g/mol. The number of phenolic OH excluding ortho intramolecular Hbond substituents is 1. The molecule has 0 spiro atoms. The van der Waals surface area contributed by atoms with Gasteiger partial charge in [-0.1, -0.05) is 17.7 Å². The first-order chi connectivity index (χ1) is 10.9. The number of benzene rings is 2. The molecule has 0 saturated heterocycles. The summed E-state index contributed by atoms with van der Waals surface area (Å²) in [7, 11) is 0. The highest BCUT2D eigenvalue weighted by Gasteiger charge is 2.08. The molecule has 0 bridgehead atoms. The van der Waals surface area contributed by atoms with Crippen molar-refractivity contribution in [2.75, 3.05) is 11.1 Å². The second-order valence-corrected chi connectivity index (χ2v) is 6.66. The van der Waals surface area contributed by atoms with Gasteiger partial charge in [0.25, 0.3) is 0 Å². The minimum absolute atomic E-state index is 0.0720. The number of amides is 1. The molecular formula is C16H15ClN2O2S2. The summed E-state index contributed by atoms with van der Waals surface area (Å²) in [4.78, 5) is 12.8. The van der Waals surface area contributed by atoms with Crippen LogP contribution in [0.5, 0.6) is 5.75 Å². The Kier molecular flexibility index (Phi) is 6.27. The predicted molar refractivity (Wildman–Crippen MR) is 99.4 cm³/mol. The van der Waals surface area contributed by atoms with E-state index in [1.54, 1.807) is 30.3 Å². The highest BCUT2D eigenvalue weighted by molar-refractivity contribution is 8.00. The Balaban J connectivity index is 1.83. The van der Waals surface area contributed by atoms with E-state index < -0.39 is 0 Å². The minimum Gasteiger partial charge on any atom is -0.506 e. The molecule has 2 aromatic rings. The lowest BCUT2D eigenvalue weighted by atomic mass is 10.2. The van der Waals surface area contributed by atoms with Crippen molar-refractivity contribution in [2.24, 2.45) is 0 Å². The Bertz CT molecular complexity index is 721. The molecule has 0 radical (unpaired) electrons. The fourth-order valence-corrected chi connectivity index (χ4v) is 2.79. The number of anilines is 1. The van der Waals surface area contributed by atoms with E-state index in [4.69, 9.17) is 23.8 Å². The van der Waals surface area contributed by atoms with Gasteiger partial charge in [0.15, 0.2) is 5.11 Å². The maximum Gasteiger partial charge on any atom is 0.236 e. The number of hydrogen-bond donors (Lipinski definition) is 3. The van der Waals surface area contributed by atoms with Gasteiger partial charge < -0.3 is 15.7 Å². The molecule has 0 aliphatic rings. The summed E-state index contributed by atoms with van der Waals surface area (Å²) in [5.41, 5.74) is 1.43. The monoisotopic (exact) mass is 366 g/mol. The third-order valence-corrected chi connectivity index (χ3v) is 4.30. The minimum atomic E-state index is -0.227. The van der Waals surface area contributed by atoms with Crippen LogP contribution in [0.3, 0.4) is 0 Å². The smallest absolute Gasteiger partial charge is 0.236 e. The zero-order chi connectivity index (χ0) is 16.8. The first-order valence-electron chi connectivity index (χ1n) is 6.73. The molecule has 0 heterocycles. The van der Waals surface area contributed by atoms with Crippen molar-refractivity contribution in [2.45, 2.75) is 11.8 Å². The average Bonchev–Trinajstić information content (AvgIpc) is 2.50. The van der Waals surface area contributed by atoms with E-state index in [9.17, 15) is 9.90 Å². The molecule has 0 unspecified atom stereocenters. The Morgan fingerprint density at radius 1 is 1.26 bits per heavy atom. The van der Waals surface area contributed by atoms with Gasteiger partial charge in [-0.3, -0.25) is 4.79 Å². The molecule has 120 valence electrons. The Hall–Kier alpha value is -1.76. The molecule has 1 amide bonds. The highest BCUT2D eigenvalue weighted by Crippen LogP contribution is 2.24. The number of carbonyl (C=O) groups excluding carboxylic acids is 1. The van der Waals surface area contributed by atoms with Crippen LogP contribution >= 0.6 is 35.6 Å². The van der Waals surface area contributed by atoms with Crippen LogP contribution in [0, 0.1) is 6.92 Å². The number of aromatic hydroxyl groups is 1. The molecule has 23 heavy (non-hydrogen) atoms. The fourth-order valence-electron chi connectivity index (χ4n) is 1.75. The lowest BCUT2D eigenvalue weighted by Crippen LogP contribution is -2.35. The van der Waals surface area contributed by atoms with Gasteiger partial charge in [-0.05, 0) is 61.1 Å². The second kappa shape index (κ2) is 8.19. The quantitative estimate of drug-likeness (QED) is 0.434. The van der Waals surface area contributed by atoms with E-state index in [-0.39, 0.29) is 22.5 Å². The summed E-state index contributed by atoms with van der Waals surface area (Å²) in [6.07, 6.45) is 0. The highest BCUT2D eigenvalue weighted by atomic mass is 35.5. The summed E-state index contributed by atoms with van der Waals surface area (Å²) >= 11 is 12.3. The van der Waals surface area contributed by atoms with Crippen molar-refractivity contribution < 1.29 is 9.90 Å². The Morgan fingerprint density at radius 3 is 2.65 bits per heavy atom. The van der Waals surface area contributed by atoms with E-state index >= 15 is 0 Å². The fraction of sp³-hybridized carbons (Fsp3) is 0.125. The Morgan fingerprint density at radius 2 is 1.96 bits per heavy atom. The molecule has 2 aromatic carbocycles. The molecule has 0 aromatic heterocycles. The van der Waals surface area contributed by atoms with E-state index in [1.807, 2.05) is 19.1 Å². The van der Waals surface area contributed by atoms with Crippen molar-refractivity contribution >= 4 is 52.3 Å². The number of phenols is 1. The van der Waals surface area contributed by atoms with Gasteiger partial charge in [0.1, 0.15) is 5.75 Å². The van der Waals surface area contributed by atoms with E-state index in [0.29, 0.717) is 10.7 Å². The van der Waals surface area contributed by atoms with Gasteiger partial charge in [0.05, 0.1) is 11.4 Å². The van der Waals surface area contributed by atoms with E-state index in [2.05, 4.69) is 10.6 Å². The lowest BCUT2D eigenvalue weighted by Gasteiger charge is -2.11. The maximum absolute atomic E-state index is 11.9. The van der Waals surface area contributed by atoms with Crippen LogP contribution in [0.4, 0.5) is 5.69 Å². The molecule has 0 aliphatic carbocycles. The molecule has 0 atom stereocenters. The number of thiocarbonyl (C=S) groups is 1. The summed E-state index contributed by atoms with van der Waals surface area (Å²) in [5, 5.41) is 15.9. The van der Waals surface area contributed by atoms with E-state index in [1.165, 1.54) is 11.8 Å². The molecule has 4 nitrogen and oxygen atoms in total. The van der Waals surface area contributed by atoms with Crippen molar-refractivity contribution in [3.05, 3.63) is 53.1 Å². The van der Waals surface area contributed by atoms with Gasteiger partial charge in [-0.25, -0.2) is 0 Å². The van der Waals surface area contributed by atoms with Crippen LogP contribution in [-0.4, -0.2) is 21.9 Å². The molecule has 0 fully saturated rings. The number of hydrogen-bond acceptors (Lipinski definition) is 4. The zero-order valence-corrected chi connectivity index (χ0v) is 14.7. The van der Waals surface area contributed by atoms with Crippen molar-refractivity contribution in [3.63, 3.8) is 0 Å². The van der Waals surface area contributed by atoms with Gasteiger partial charge in [-0.15, -0.1) is 11.8 Å². The van der Waals surface area contributed by atoms with Gasteiger partial charge in [-0.2, -0.15) is 0 Å². The molecule has 7 heteroatoms. The number of halogens is 1. The SMILES string of the molecule is Cc1ccc(O)c(NC(=S)NC(=O)CSc2ccc(Cl)cc2)c1. The van der Waals surface area contributed by atoms with Gasteiger partial charge in [0, 0.05) is 9.92 Å². The largest absolute Gasteiger partial charge is 0.506 e. The summed E-state index contributed by atoms with van der Waals surface area (Å²) in [6.45, 7) is 1.90.